The van der Waals surface area contributed by atoms with Gasteiger partial charge in [0.05, 0.1) is 12.0 Å². The van der Waals surface area contributed by atoms with E-state index < -0.39 is 0 Å². The monoisotopic (exact) mass is 221 g/mol. The third kappa shape index (κ3) is 2.64. The van der Waals surface area contributed by atoms with Gasteiger partial charge in [-0.3, -0.25) is 0 Å². The Hall–Kier alpha value is -0.830. The van der Waals surface area contributed by atoms with Crippen molar-refractivity contribution in [3.05, 3.63) is 17.7 Å². The number of imidazole rings is 1. The van der Waals surface area contributed by atoms with Gasteiger partial charge in [0.25, 0.3) is 0 Å². The molecule has 1 unspecified atom stereocenters. The molecule has 0 saturated heterocycles. The Morgan fingerprint density at radius 2 is 2.25 bits per heavy atom. The van der Waals surface area contributed by atoms with E-state index in [4.69, 9.17) is 0 Å². The number of nitrogens with one attached hydrogen (secondary N) is 1. The van der Waals surface area contributed by atoms with Crippen molar-refractivity contribution in [3.63, 3.8) is 0 Å². The molecule has 2 rings (SSSR count). The highest BCUT2D eigenvalue weighted by atomic mass is 15.1. The van der Waals surface area contributed by atoms with Crippen molar-refractivity contribution in [2.75, 3.05) is 6.54 Å². The van der Waals surface area contributed by atoms with Crippen molar-refractivity contribution in [1.82, 2.24) is 14.9 Å². The molecule has 1 heterocycles. The number of rotatable bonds is 6. The van der Waals surface area contributed by atoms with Gasteiger partial charge in [-0.2, -0.15) is 0 Å². The largest absolute Gasteiger partial charge is 0.333 e. The minimum Gasteiger partial charge on any atom is -0.333 e. The van der Waals surface area contributed by atoms with Crippen molar-refractivity contribution < 1.29 is 0 Å². The fraction of sp³-hybridized carbons (Fsp3) is 0.769. The highest BCUT2D eigenvalue weighted by Gasteiger charge is 2.31. The summed E-state index contributed by atoms with van der Waals surface area (Å²) in [6, 6.07) is 0.646. The minimum absolute atomic E-state index is 0.646. The predicted octanol–water partition coefficient (Wildman–Crippen LogP) is 2.28. The molecule has 90 valence electrons. The molecule has 0 amide bonds. The van der Waals surface area contributed by atoms with Gasteiger partial charge in [0.15, 0.2) is 0 Å². The fourth-order valence-corrected chi connectivity index (χ4v) is 2.15. The van der Waals surface area contributed by atoms with Crippen molar-refractivity contribution in [3.8, 4) is 0 Å². The zero-order chi connectivity index (χ0) is 11.5. The van der Waals surface area contributed by atoms with Crippen LogP contribution in [0.25, 0.3) is 0 Å². The number of aryl methyl sites for hydroxylation is 1. The lowest BCUT2D eigenvalue weighted by Crippen LogP contribution is -2.35. The summed E-state index contributed by atoms with van der Waals surface area (Å²) in [5.41, 5.74) is 2.47. The molecule has 1 N–H and O–H groups in total. The lowest BCUT2D eigenvalue weighted by molar-refractivity contribution is 0.404. The lowest BCUT2D eigenvalue weighted by Gasteiger charge is -2.19. The normalized spacial score (nSPS) is 17.7. The molecule has 1 aromatic rings. The maximum atomic E-state index is 4.36. The summed E-state index contributed by atoms with van der Waals surface area (Å²) in [4.78, 5) is 4.36. The van der Waals surface area contributed by atoms with Crippen LogP contribution in [0.3, 0.4) is 0 Å². The van der Waals surface area contributed by atoms with E-state index in [9.17, 15) is 0 Å². The van der Waals surface area contributed by atoms with Gasteiger partial charge in [-0.1, -0.05) is 6.92 Å². The standard InChI is InChI=1S/C13H23N3/c1-4-7-14-13(12-5-6-12)8-16-9-15-10(2)11(16)3/h9,12-14H,4-8H2,1-3H3. The van der Waals surface area contributed by atoms with Gasteiger partial charge in [-0.05, 0) is 45.6 Å². The van der Waals surface area contributed by atoms with Crippen LogP contribution in [0.5, 0.6) is 0 Å². The van der Waals surface area contributed by atoms with Crippen LogP contribution in [0, 0.1) is 19.8 Å². The fourth-order valence-electron chi connectivity index (χ4n) is 2.15. The molecule has 3 nitrogen and oxygen atoms in total. The summed E-state index contributed by atoms with van der Waals surface area (Å²) in [6.07, 6.45) is 5.99. The van der Waals surface area contributed by atoms with E-state index in [0.717, 1.165) is 24.7 Å². The van der Waals surface area contributed by atoms with E-state index in [1.54, 1.807) is 0 Å². The second-order valence-corrected chi connectivity index (χ2v) is 4.97. The Morgan fingerprint density at radius 1 is 1.50 bits per heavy atom. The minimum atomic E-state index is 0.646. The van der Waals surface area contributed by atoms with E-state index in [-0.39, 0.29) is 0 Å². The number of aromatic nitrogens is 2. The highest BCUT2D eigenvalue weighted by Crippen LogP contribution is 2.33. The molecule has 0 aliphatic heterocycles. The van der Waals surface area contributed by atoms with Crippen LogP contribution < -0.4 is 5.32 Å². The number of hydrogen-bond donors (Lipinski definition) is 1. The molecule has 1 aromatic heterocycles. The molecule has 1 saturated carbocycles. The van der Waals surface area contributed by atoms with E-state index in [2.05, 4.69) is 35.6 Å². The number of nitrogens with zero attached hydrogens (tertiary/aromatic N) is 2. The molecule has 0 radical (unpaired) electrons. The Morgan fingerprint density at radius 3 is 2.75 bits per heavy atom. The van der Waals surface area contributed by atoms with Gasteiger partial charge in [-0.25, -0.2) is 4.98 Å². The SMILES string of the molecule is CCCNC(Cn1cnc(C)c1C)C1CC1. The third-order valence-corrected chi connectivity index (χ3v) is 3.59. The average Bonchev–Trinajstić information content (AvgIpc) is 3.06. The van der Waals surface area contributed by atoms with Crippen molar-refractivity contribution in [2.24, 2.45) is 5.92 Å². The average molecular weight is 221 g/mol. The lowest BCUT2D eigenvalue weighted by atomic mass is 10.1. The highest BCUT2D eigenvalue weighted by molar-refractivity contribution is 5.09. The molecule has 1 aliphatic carbocycles. The third-order valence-electron chi connectivity index (χ3n) is 3.59. The summed E-state index contributed by atoms with van der Waals surface area (Å²) in [7, 11) is 0. The summed E-state index contributed by atoms with van der Waals surface area (Å²) >= 11 is 0. The topological polar surface area (TPSA) is 29.9 Å². The van der Waals surface area contributed by atoms with Crippen LogP contribution in [0.15, 0.2) is 6.33 Å². The van der Waals surface area contributed by atoms with Gasteiger partial charge in [-0.15, -0.1) is 0 Å². The second kappa shape index (κ2) is 5.00. The van der Waals surface area contributed by atoms with E-state index in [1.165, 1.54) is 25.0 Å². The first-order valence-corrected chi connectivity index (χ1v) is 6.44. The van der Waals surface area contributed by atoms with Gasteiger partial charge in [0.2, 0.25) is 0 Å². The van der Waals surface area contributed by atoms with E-state index >= 15 is 0 Å². The van der Waals surface area contributed by atoms with Crippen LogP contribution in [-0.2, 0) is 6.54 Å². The van der Waals surface area contributed by atoms with Gasteiger partial charge in [0.1, 0.15) is 0 Å². The summed E-state index contributed by atoms with van der Waals surface area (Å²) in [5.74, 6) is 0.897. The van der Waals surface area contributed by atoms with Gasteiger partial charge >= 0.3 is 0 Å². The maximum Gasteiger partial charge on any atom is 0.0951 e. The molecule has 3 heteroatoms. The quantitative estimate of drug-likeness (QED) is 0.798. The molecule has 0 spiro atoms. The Bertz CT molecular complexity index is 339. The molecular formula is C13H23N3. The van der Waals surface area contributed by atoms with Crippen LogP contribution >= 0.6 is 0 Å². The first-order chi connectivity index (χ1) is 7.72. The number of hydrogen-bond acceptors (Lipinski definition) is 2. The zero-order valence-electron chi connectivity index (χ0n) is 10.7. The summed E-state index contributed by atoms with van der Waals surface area (Å²) < 4.78 is 2.29. The van der Waals surface area contributed by atoms with Crippen LogP contribution in [0.1, 0.15) is 37.6 Å². The molecule has 16 heavy (non-hydrogen) atoms. The van der Waals surface area contributed by atoms with Crippen molar-refractivity contribution >= 4 is 0 Å². The van der Waals surface area contributed by atoms with Crippen LogP contribution in [0.4, 0.5) is 0 Å². The first-order valence-electron chi connectivity index (χ1n) is 6.44. The summed E-state index contributed by atoms with van der Waals surface area (Å²) in [6.45, 7) is 8.68. The Kier molecular flexibility index (Phi) is 3.64. The predicted molar refractivity (Wildman–Crippen MR) is 66.5 cm³/mol. The van der Waals surface area contributed by atoms with Crippen molar-refractivity contribution in [1.29, 1.82) is 0 Å². The van der Waals surface area contributed by atoms with Crippen molar-refractivity contribution in [2.45, 2.75) is 52.6 Å². The Balaban J connectivity index is 1.96. The maximum absolute atomic E-state index is 4.36. The van der Waals surface area contributed by atoms with Gasteiger partial charge in [0, 0.05) is 18.3 Å². The first kappa shape index (κ1) is 11.6. The smallest absolute Gasteiger partial charge is 0.0951 e. The van der Waals surface area contributed by atoms with Gasteiger partial charge < -0.3 is 9.88 Å². The summed E-state index contributed by atoms with van der Waals surface area (Å²) in [5, 5.41) is 3.67. The molecule has 1 fully saturated rings. The second-order valence-electron chi connectivity index (χ2n) is 4.97. The molecule has 1 atom stereocenters. The zero-order valence-corrected chi connectivity index (χ0v) is 10.7. The molecular weight excluding hydrogens is 198 g/mol. The van der Waals surface area contributed by atoms with E-state index in [0.29, 0.717) is 6.04 Å². The molecule has 1 aliphatic rings. The Labute approximate surface area is 98.3 Å². The molecule has 0 aromatic carbocycles. The van der Waals surface area contributed by atoms with Crippen LogP contribution in [-0.4, -0.2) is 22.1 Å². The van der Waals surface area contributed by atoms with E-state index in [1.807, 2.05) is 6.33 Å². The van der Waals surface area contributed by atoms with Crippen LogP contribution in [0.2, 0.25) is 0 Å². The molecule has 0 bridgehead atoms.